The molecule has 0 atom stereocenters. The van der Waals surface area contributed by atoms with E-state index in [-0.39, 0.29) is 0 Å². The summed E-state index contributed by atoms with van der Waals surface area (Å²) in [5.74, 6) is -0.538. The van der Waals surface area contributed by atoms with Crippen molar-refractivity contribution < 1.29 is 10.0 Å². The lowest BCUT2D eigenvalue weighted by molar-refractivity contribution is -0.124. The number of carbonyl (C=O) groups excluding carboxylic acids is 1. The van der Waals surface area contributed by atoms with Crippen LogP contribution in [0.1, 0.15) is 22.4 Å². The van der Waals surface area contributed by atoms with Crippen molar-refractivity contribution in [2.75, 3.05) is 6.54 Å². The van der Waals surface area contributed by atoms with E-state index in [0.717, 1.165) is 25.1 Å². The second-order valence-electron chi connectivity index (χ2n) is 6.72. The zero-order chi connectivity index (χ0) is 19.2. The van der Waals surface area contributed by atoms with Crippen LogP contribution in [0.25, 0.3) is 17.0 Å². The van der Waals surface area contributed by atoms with E-state index in [0.29, 0.717) is 0 Å². The minimum atomic E-state index is -0.538. The van der Waals surface area contributed by atoms with E-state index in [1.54, 1.807) is 11.6 Å². The van der Waals surface area contributed by atoms with Gasteiger partial charge in [0.25, 0.3) is 5.91 Å². The van der Waals surface area contributed by atoms with Crippen molar-refractivity contribution in [3.05, 3.63) is 77.0 Å². The third-order valence-corrected chi connectivity index (χ3v) is 4.79. The lowest BCUT2D eigenvalue weighted by atomic mass is 10.1. The Morgan fingerprint density at radius 1 is 1.11 bits per heavy atom. The molecule has 0 fully saturated rings. The highest BCUT2D eigenvalue weighted by atomic mass is 16.5. The Labute approximate surface area is 159 Å². The van der Waals surface area contributed by atoms with Gasteiger partial charge in [0.15, 0.2) is 0 Å². The van der Waals surface area contributed by atoms with E-state index in [1.165, 1.54) is 33.8 Å². The summed E-state index contributed by atoms with van der Waals surface area (Å²) in [4.78, 5) is 11.0. The van der Waals surface area contributed by atoms with E-state index >= 15 is 0 Å². The molecule has 1 heterocycles. The van der Waals surface area contributed by atoms with Gasteiger partial charge in [0, 0.05) is 30.9 Å². The average Bonchev–Trinajstić information content (AvgIpc) is 2.98. The van der Waals surface area contributed by atoms with E-state index < -0.39 is 5.91 Å². The molecule has 1 aromatic heterocycles. The smallest absolute Gasteiger partial charge is 0.267 e. The van der Waals surface area contributed by atoms with E-state index in [2.05, 4.69) is 48.1 Å². The minimum absolute atomic E-state index is 0.538. The van der Waals surface area contributed by atoms with Crippen molar-refractivity contribution in [2.24, 2.45) is 7.05 Å². The molecule has 0 aliphatic heterocycles. The van der Waals surface area contributed by atoms with Crippen molar-refractivity contribution in [1.29, 1.82) is 0 Å². The fourth-order valence-electron chi connectivity index (χ4n) is 3.09. The van der Waals surface area contributed by atoms with Crippen LogP contribution in [0.2, 0.25) is 0 Å². The maximum atomic E-state index is 11.0. The molecule has 0 radical (unpaired) electrons. The summed E-state index contributed by atoms with van der Waals surface area (Å²) in [6.45, 7) is 3.84. The lowest BCUT2D eigenvalue weighted by Crippen LogP contribution is -2.16. The van der Waals surface area contributed by atoms with Crippen molar-refractivity contribution in [2.45, 2.75) is 19.9 Å². The second-order valence-corrected chi connectivity index (χ2v) is 6.72. The third-order valence-electron chi connectivity index (χ3n) is 4.79. The standard InChI is InChI=1S/C22H25N3O2/c1-16-13-20-9-7-18(14-21(20)25(16)2)11-12-23-15-19-5-3-17(4-6-19)8-10-22(26)24-27/h3-10,13-14,23,27H,11-12,15H2,1-2H3,(H,24,26)/b10-8+. The first-order valence-corrected chi connectivity index (χ1v) is 9.03. The van der Waals surface area contributed by atoms with E-state index in [9.17, 15) is 4.79 Å². The molecule has 0 unspecified atom stereocenters. The highest BCUT2D eigenvalue weighted by molar-refractivity contribution is 5.90. The van der Waals surface area contributed by atoms with Crippen molar-refractivity contribution in [3.63, 3.8) is 0 Å². The maximum absolute atomic E-state index is 11.0. The number of rotatable bonds is 7. The number of aromatic nitrogens is 1. The Balaban J connectivity index is 1.49. The Bertz CT molecular complexity index is 956. The Kier molecular flexibility index (Phi) is 6.06. The highest BCUT2D eigenvalue weighted by Gasteiger charge is 2.03. The van der Waals surface area contributed by atoms with Crippen LogP contribution in [0.3, 0.4) is 0 Å². The number of amides is 1. The fourth-order valence-corrected chi connectivity index (χ4v) is 3.09. The van der Waals surface area contributed by atoms with Gasteiger partial charge in [-0.1, -0.05) is 36.4 Å². The van der Waals surface area contributed by atoms with Crippen LogP contribution >= 0.6 is 0 Å². The summed E-state index contributed by atoms with van der Waals surface area (Å²) < 4.78 is 2.23. The summed E-state index contributed by atoms with van der Waals surface area (Å²) >= 11 is 0. The lowest BCUT2D eigenvalue weighted by Gasteiger charge is -2.07. The van der Waals surface area contributed by atoms with Crippen molar-refractivity contribution in [1.82, 2.24) is 15.4 Å². The first kappa shape index (κ1) is 18.9. The van der Waals surface area contributed by atoms with Crippen LogP contribution < -0.4 is 10.8 Å². The van der Waals surface area contributed by atoms with E-state index in [4.69, 9.17) is 5.21 Å². The van der Waals surface area contributed by atoms with Gasteiger partial charge in [0.05, 0.1) is 0 Å². The molecule has 140 valence electrons. The number of benzene rings is 2. The van der Waals surface area contributed by atoms with Gasteiger partial charge in [-0.2, -0.15) is 0 Å². The number of nitrogens with one attached hydrogen (secondary N) is 2. The summed E-state index contributed by atoms with van der Waals surface area (Å²) in [6, 6.07) is 16.8. The molecule has 2 aromatic carbocycles. The van der Waals surface area contributed by atoms with Crippen LogP contribution in [0, 0.1) is 6.92 Å². The SMILES string of the molecule is Cc1cc2ccc(CCNCc3ccc(/C=C/C(=O)NO)cc3)cc2n1C. The molecule has 3 N–H and O–H groups in total. The predicted octanol–water partition coefficient (Wildman–Crippen LogP) is 3.34. The molecule has 0 spiro atoms. The van der Waals surface area contributed by atoms with Crippen LogP contribution in [0.4, 0.5) is 0 Å². The third kappa shape index (κ3) is 4.84. The number of fused-ring (bicyclic) bond motifs is 1. The van der Waals surface area contributed by atoms with Gasteiger partial charge in [-0.3, -0.25) is 10.0 Å². The zero-order valence-corrected chi connectivity index (χ0v) is 15.7. The first-order valence-electron chi connectivity index (χ1n) is 9.03. The topological polar surface area (TPSA) is 66.3 Å². The quantitative estimate of drug-likeness (QED) is 0.261. The Hall–Kier alpha value is -2.89. The minimum Gasteiger partial charge on any atom is -0.348 e. The molecular weight excluding hydrogens is 338 g/mol. The average molecular weight is 363 g/mol. The number of hydroxylamine groups is 1. The summed E-state index contributed by atoms with van der Waals surface area (Å²) in [5.41, 5.74) is 7.56. The van der Waals surface area contributed by atoms with Gasteiger partial charge in [-0.25, -0.2) is 5.48 Å². The molecule has 5 nitrogen and oxygen atoms in total. The van der Waals surface area contributed by atoms with Gasteiger partial charge >= 0.3 is 0 Å². The summed E-state index contributed by atoms with van der Waals surface area (Å²) in [5, 5.41) is 13.2. The number of hydrogen-bond acceptors (Lipinski definition) is 3. The molecule has 0 bridgehead atoms. The van der Waals surface area contributed by atoms with Gasteiger partial charge in [0.1, 0.15) is 0 Å². The monoisotopic (exact) mass is 363 g/mol. The van der Waals surface area contributed by atoms with Gasteiger partial charge in [0.2, 0.25) is 0 Å². The molecule has 0 saturated heterocycles. The molecule has 0 aliphatic carbocycles. The summed E-state index contributed by atoms with van der Waals surface area (Å²) in [6.07, 6.45) is 3.93. The molecular formula is C22H25N3O2. The number of aryl methyl sites for hydroxylation is 2. The van der Waals surface area contributed by atoms with Crippen LogP contribution in [-0.4, -0.2) is 22.2 Å². The van der Waals surface area contributed by atoms with Gasteiger partial charge in [-0.15, -0.1) is 0 Å². The Morgan fingerprint density at radius 2 is 1.85 bits per heavy atom. The molecule has 3 aromatic rings. The van der Waals surface area contributed by atoms with Crippen LogP contribution in [0.15, 0.2) is 54.6 Å². The molecule has 27 heavy (non-hydrogen) atoms. The van der Waals surface area contributed by atoms with Crippen LogP contribution in [0.5, 0.6) is 0 Å². The molecule has 0 aliphatic rings. The fraction of sp³-hybridized carbons (Fsp3) is 0.227. The first-order chi connectivity index (χ1) is 13.1. The van der Waals surface area contributed by atoms with Crippen molar-refractivity contribution >= 4 is 22.9 Å². The second kappa shape index (κ2) is 8.66. The predicted molar refractivity (Wildman–Crippen MR) is 108 cm³/mol. The summed E-state index contributed by atoms with van der Waals surface area (Å²) in [7, 11) is 2.11. The zero-order valence-electron chi connectivity index (χ0n) is 15.7. The maximum Gasteiger partial charge on any atom is 0.267 e. The molecule has 3 rings (SSSR count). The number of hydrogen-bond donors (Lipinski definition) is 3. The van der Waals surface area contributed by atoms with E-state index in [1.807, 2.05) is 24.3 Å². The number of nitrogens with zero attached hydrogens (tertiary/aromatic N) is 1. The van der Waals surface area contributed by atoms with Gasteiger partial charge in [-0.05, 0) is 60.2 Å². The van der Waals surface area contributed by atoms with Crippen molar-refractivity contribution in [3.8, 4) is 0 Å². The highest BCUT2D eigenvalue weighted by Crippen LogP contribution is 2.20. The largest absolute Gasteiger partial charge is 0.348 e. The van der Waals surface area contributed by atoms with Gasteiger partial charge < -0.3 is 9.88 Å². The molecule has 1 amide bonds. The Morgan fingerprint density at radius 3 is 2.59 bits per heavy atom. The number of carbonyl (C=O) groups is 1. The normalized spacial score (nSPS) is 11.4. The molecule has 5 heteroatoms. The van der Waals surface area contributed by atoms with Crippen LogP contribution in [-0.2, 0) is 24.8 Å². The molecule has 0 saturated carbocycles.